The highest BCUT2D eigenvalue weighted by molar-refractivity contribution is 6.35. The summed E-state index contributed by atoms with van der Waals surface area (Å²) in [4.78, 5) is 12.4. The van der Waals surface area contributed by atoms with Gasteiger partial charge in [0, 0.05) is 30.0 Å². The molecule has 2 aromatic rings. The van der Waals surface area contributed by atoms with Crippen molar-refractivity contribution in [2.45, 2.75) is 46.6 Å². The summed E-state index contributed by atoms with van der Waals surface area (Å²) in [5, 5.41) is 1.87. The molecule has 1 heterocycles. The number of hydrogen-bond donors (Lipinski definition) is 0. The van der Waals surface area contributed by atoms with Gasteiger partial charge in [0.1, 0.15) is 5.78 Å². The van der Waals surface area contributed by atoms with Gasteiger partial charge in [-0.05, 0) is 25.0 Å². The Bertz CT molecular complexity index is 610. The summed E-state index contributed by atoms with van der Waals surface area (Å²) in [7, 11) is 0. The second-order valence-corrected chi connectivity index (χ2v) is 6.03. The molecule has 0 N–H and O–H groups in total. The quantitative estimate of drug-likeness (QED) is 0.727. The van der Waals surface area contributed by atoms with Crippen LogP contribution in [0.2, 0.25) is 5.02 Å². The number of carbonyl (C=O) groups is 1. The highest BCUT2D eigenvalue weighted by atomic mass is 35.5. The molecule has 1 aromatic carbocycles. The van der Waals surface area contributed by atoms with E-state index in [-0.39, 0.29) is 5.41 Å². The van der Waals surface area contributed by atoms with Crippen molar-refractivity contribution in [2.75, 3.05) is 0 Å². The minimum absolute atomic E-state index is 0.188. The van der Waals surface area contributed by atoms with Crippen molar-refractivity contribution in [3.05, 3.63) is 35.5 Å². The zero-order valence-electron chi connectivity index (χ0n) is 12.4. The van der Waals surface area contributed by atoms with Gasteiger partial charge >= 0.3 is 0 Å². The fraction of sp³-hybridized carbons (Fsp3) is 0.471. The molecule has 0 saturated carbocycles. The number of aromatic nitrogens is 1. The Labute approximate surface area is 125 Å². The Morgan fingerprint density at radius 3 is 2.60 bits per heavy atom. The smallest absolute Gasteiger partial charge is 0.140 e. The van der Waals surface area contributed by atoms with Gasteiger partial charge in [-0.3, -0.25) is 4.79 Å². The number of aryl methyl sites for hydroxylation is 1. The van der Waals surface area contributed by atoms with Gasteiger partial charge in [-0.15, -0.1) is 0 Å². The van der Waals surface area contributed by atoms with Gasteiger partial charge in [-0.25, -0.2) is 0 Å². The van der Waals surface area contributed by atoms with E-state index in [1.54, 1.807) is 0 Å². The first kappa shape index (κ1) is 15.1. The molecule has 0 radical (unpaired) electrons. The average molecular weight is 292 g/mol. The molecule has 2 rings (SSSR count). The molecule has 0 aliphatic carbocycles. The number of rotatable bonds is 6. The van der Waals surface area contributed by atoms with Crippen LogP contribution < -0.4 is 0 Å². The van der Waals surface area contributed by atoms with Gasteiger partial charge in [0.25, 0.3) is 0 Å². The molecule has 0 unspecified atom stereocenters. The lowest BCUT2D eigenvalue weighted by atomic mass is 9.79. The van der Waals surface area contributed by atoms with Gasteiger partial charge in [-0.2, -0.15) is 0 Å². The maximum absolute atomic E-state index is 12.4. The van der Waals surface area contributed by atoms with Crippen LogP contribution in [0.25, 0.3) is 10.9 Å². The van der Waals surface area contributed by atoms with Gasteiger partial charge in [0.05, 0.1) is 10.5 Å². The van der Waals surface area contributed by atoms with Crippen LogP contribution in [0, 0.1) is 5.41 Å². The summed E-state index contributed by atoms with van der Waals surface area (Å²) in [5.74, 6) is 0.344. The van der Waals surface area contributed by atoms with Crippen LogP contribution in [0.1, 0.15) is 40.0 Å². The maximum atomic E-state index is 12.4. The Morgan fingerprint density at radius 1 is 1.25 bits per heavy atom. The van der Waals surface area contributed by atoms with Crippen LogP contribution in [0.15, 0.2) is 30.5 Å². The molecule has 2 nitrogen and oxygen atoms in total. The third-order valence-electron chi connectivity index (χ3n) is 4.55. The minimum Gasteiger partial charge on any atom is -0.346 e. The molecular formula is C17H22ClNO. The number of ketones is 1. The van der Waals surface area contributed by atoms with Crippen molar-refractivity contribution >= 4 is 28.3 Å². The van der Waals surface area contributed by atoms with Gasteiger partial charge < -0.3 is 4.57 Å². The zero-order chi connectivity index (χ0) is 14.8. The van der Waals surface area contributed by atoms with Crippen molar-refractivity contribution in [2.24, 2.45) is 5.41 Å². The van der Waals surface area contributed by atoms with Crippen molar-refractivity contribution in [1.82, 2.24) is 4.57 Å². The van der Waals surface area contributed by atoms with Crippen molar-refractivity contribution < 1.29 is 4.79 Å². The highest BCUT2D eigenvalue weighted by Crippen LogP contribution is 2.29. The Kier molecular flexibility index (Phi) is 4.54. The second kappa shape index (κ2) is 6.01. The van der Waals surface area contributed by atoms with Crippen LogP contribution >= 0.6 is 11.6 Å². The summed E-state index contributed by atoms with van der Waals surface area (Å²) in [6.45, 7) is 6.93. The van der Waals surface area contributed by atoms with Crippen LogP contribution in [-0.2, 0) is 11.3 Å². The Morgan fingerprint density at radius 2 is 1.95 bits per heavy atom. The van der Waals surface area contributed by atoms with Crippen molar-refractivity contribution in [3.63, 3.8) is 0 Å². The van der Waals surface area contributed by atoms with E-state index >= 15 is 0 Å². The number of halogens is 1. The van der Waals surface area contributed by atoms with E-state index in [9.17, 15) is 4.79 Å². The van der Waals surface area contributed by atoms with Crippen molar-refractivity contribution in [3.8, 4) is 0 Å². The lowest BCUT2D eigenvalue weighted by molar-refractivity contribution is -0.128. The van der Waals surface area contributed by atoms with Gasteiger partial charge in [-0.1, -0.05) is 44.5 Å². The summed E-state index contributed by atoms with van der Waals surface area (Å²) in [5.41, 5.74) is 0.837. The fourth-order valence-electron chi connectivity index (χ4n) is 2.57. The first-order valence-electron chi connectivity index (χ1n) is 7.28. The lowest BCUT2D eigenvalue weighted by Gasteiger charge is -2.25. The van der Waals surface area contributed by atoms with Gasteiger partial charge in [0.15, 0.2) is 0 Å². The lowest BCUT2D eigenvalue weighted by Crippen LogP contribution is -2.27. The normalized spacial score (nSPS) is 12.0. The molecule has 0 atom stereocenters. The molecule has 20 heavy (non-hydrogen) atoms. The standard InChI is InChI=1S/C17H22ClNO/c1-4-17(3,5-2)15(20)10-12-19-11-9-13-7-6-8-14(18)16(13)19/h6-9,11H,4-5,10,12H2,1-3H3. The Balaban J connectivity index is 2.16. The van der Waals surface area contributed by atoms with E-state index in [0.717, 1.165) is 28.8 Å². The second-order valence-electron chi connectivity index (χ2n) is 5.63. The minimum atomic E-state index is -0.188. The summed E-state index contributed by atoms with van der Waals surface area (Å²) in [6, 6.07) is 7.93. The third kappa shape index (κ3) is 2.76. The number of benzene rings is 1. The predicted molar refractivity (Wildman–Crippen MR) is 85.3 cm³/mol. The topological polar surface area (TPSA) is 22.0 Å². The number of fused-ring (bicyclic) bond motifs is 1. The van der Waals surface area contributed by atoms with E-state index in [1.807, 2.05) is 30.5 Å². The van der Waals surface area contributed by atoms with E-state index < -0.39 is 0 Å². The van der Waals surface area contributed by atoms with E-state index in [2.05, 4.69) is 25.3 Å². The molecule has 0 amide bonds. The average Bonchev–Trinajstić information content (AvgIpc) is 2.88. The first-order chi connectivity index (χ1) is 9.51. The summed E-state index contributed by atoms with van der Waals surface area (Å²) < 4.78 is 2.08. The third-order valence-corrected chi connectivity index (χ3v) is 4.86. The van der Waals surface area contributed by atoms with Gasteiger partial charge in [0.2, 0.25) is 0 Å². The molecule has 108 valence electrons. The molecule has 0 spiro atoms. The molecule has 1 aromatic heterocycles. The number of nitrogens with zero attached hydrogens (tertiary/aromatic N) is 1. The Hall–Kier alpha value is -1.28. The molecular weight excluding hydrogens is 270 g/mol. The number of Topliss-reactive ketones (excluding diaryl/α,β-unsaturated/α-hetero) is 1. The van der Waals surface area contributed by atoms with E-state index in [1.165, 1.54) is 0 Å². The fourth-order valence-corrected chi connectivity index (χ4v) is 2.86. The van der Waals surface area contributed by atoms with E-state index in [4.69, 9.17) is 11.6 Å². The largest absolute Gasteiger partial charge is 0.346 e. The summed E-state index contributed by atoms with van der Waals surface area (Å²) >= 11 is 6.26. The zero-order valence-corrected chi connectivity index (χ0v) is 13.2. The molecule has 0 aliphatic rings. The number of para-hydroxylation sites is 1. The molecule has 0 aliphatic heterocycles. The number of hydrogen-bond acceptors (Lipinski definition) is 1. The molecule has 0 fully saturated rings. The highest BCUT2D eigenvalue weighted by Gasteiger charge is 2.28. The SMILES string of the molecule is CCC(C)(CC)C(=O)CCn1ccc2cccc(Cl)c21. The molecule has 0 bridgehead atoms. The maximum Gasteiger partial charge on any atom is 0.140 e. The van der Waals surface area contributed by atoms with E-state index in [0.29, 0.717) is 18.7 Å². The van der Waals surface area contributed by atoms with Crippen LogP contribution in [0.3, 0.4) is 0 Å². The summed E-state index contributed by atoms with van der Waals surface area (Å²) in [6.07, 6.45) is 4.37. The van der Waals surface area contributed by atoms with Crippen LogP contribution in [0.4, 0.5) is 0 Å². The predicted octanol–water partition coefficient (Wildman–Crippen LogP) is 5.08. The van der Waals surface area contributed by atoms with Crippen molar-refractivity contribution in [1.29, 1.82) is 0 Å². The first-order valence-corrected chi connectivity index (χ1v) is 7.66. The monoisotopic (exact) mass is 291 g/mol. The number of carbonyl (C=O) groups excluding carboxylic acids is 1. The van der Waals surface area contributed by atoms with Crippen LogP contribution in [0.5, 0.6) is 0 Å². The van der Waals surface area contributed by atoms with Crippen LogP contribution in [-0.4, -0.2) is 10.4 Å². The molecule has 3 heteroatoms. The molecule has 0 saturated heterocycles.